The van der Waals surface area contributed by atoms with E-state index >= 15 is 0 Å². The van der Waals surface area contributed by atoms with Gasteiger partial charge in [0.05, 0.1) is 6.61 Å². The fourth-order valence-corrected chi connectivity index (χ4v) is 3.85. The molecule has 4 aromatic rings. The summed E-state index contributed by atoms with van der Waals surface area (Å²) in [7, 11) is 0. The Morgan fingerprint density at radius 3 is 1.95 bits per heavy atom. The highest BCUT2D eigenvalue weighted by Gasteiger charge is 2.12. The zero-order valence-corrected chi connectivity index (χ0v) is 22.9. The quantitative estimate of drug-likeness (QED) is 0.161. The molecule has 1 amide bonds. The topological polar surface area (TPSA) is 80.6 Å². The molecule has 4 rings (SSSR count). The molecule has 0 spiro atoms. The van der Waals surface area contributed by atoms with Gasteiger partial charge in [-0.25, -0.2) is 0 Å². The summed E-state index contributed by atoms with van der Waals surface area (Å²) in [6.45, 7) is 7.27. The van der Waals surface area contributed by atoms with Gasteiger partial charge in [-0.15, -0.1) is 0 Å². The van der Waals surface area contributed by atoms with Crippen molar-refractivity contribution in [1.82, 2.24) is 0 Å². The number of ether oxygens (including phenoxy) is 3. The molecule has 40 heavy (non-hydrogen) atoms. The van der Waals surface area contributed by atoms with Gasteiger partial charge in [-0.3, -0.25) is 4.79 Å². The Hall–Kier alpha value is -5.02. The van der Waals surface area contributed by atoms with Crippen LogP contribution in [0.25, 0.3) is 6.08 Å². The maximum Gasteiger partial charge on any atom is 0.266 e. The SMILES string of the molecule is CCOc1cc(/C=C(\C#N)C(=O)Nc2ccc(OCc3ccc(C)cc3)cc2)ccc1OCc1ccc(C)cc1. The Kier molecular flexibility index (Phi) is 9.58. The predicted octanol–water partition coefficient (Wildman–Crippen LogP) is 7.41. The van der Waals surface area contributed by atoms with Gasteiger partial charge < -0.3 is 19.5 Å². The third-order valence-corrected chi connectivity index (χ3v) is 6.10. The minimum Gasteiger partial charge on any atom is -0.490 e. The van der Waals surface area contributed by atoms with Crippen molar-refractivity contribution >= 4 is 17.7 Å². The number of amides is 1. The second-order valence-electron chi connectivity index (χ2n) is 9.34. The van der Waals surface area contributed by atoms with Crippen molar-refractivity contribution in [3.63, 3.8) is 0 Å². The van der Waals surface area contributed by atoms with Crippen LogP contribution in [0.2, 0.25) is 0 Å². The van der Waals surface area contributed by atoms with Crippen LogP contribution in [0.15, 0.2) is 96.6 Å². The first kappa shape index (κ1) is 28.0. The highest BCUT2D eigenvalue weighted by Crippen LogP contribution is 2.30. The Balaban J connectivity index is 1.39. The van der Waals surface area contributed by atoms with Crippen molar-refractivity contribution in [3.8, 4) is 23.3 Å². The molecule has 6 heteroatoms. The lowest BCUT2D eigenvalue weighted by Crippen LogP contribution is -2.13. The van der Waals surface area contributed by atoms with Crippen molar-refractivity contribution in [2.45, 2.75) is 34.0 Å². The molecular weight excluding hydrogens is 500 g/mol. The first-order valence-corrected chi connectivity index (χ1v) is 13.1. The summed E-state index contributed by atoms with van der Waals surface area (Å²) < 4.78 is 17.6. The van der Waals surface area contributed by atoms with Gasteiger partial charge in [0.25, 0.3) is 5.91 Å². The van der Waals surface area contributed by atoms with E-state index in [2.05, 4.69) is 5.32 Å². The van der Waals surface area contributed by atoms with E-state index in [1.165, 1.54) is 17.2 Å². The molecule has 6 nitrogen and oxygen atoms in total. The Bertz CT molecular complexity index is 1500. The number of anilines is 1. The summed E-state index contributed by atoms with van der Waals surface area (Å²) in [5.74, 6) is 1.31. The molecule has 4 aromatic carbocycles. The zero-order chi connectivity index (χ0) is 28.3. The lowest BCUT2D eigenvalue weighted by atomic mass is 10.1. The smallest absolute Gasteiger partial charge is 0.266 e. The number of nitrogens with zero attached hydrogens (tertiary/aromatic N) is 1. The van der Waals surface area contributed by atoms with Gasteiger partial charge in [-0.1, -0.05) is 65.7 Å². The molecule has 0 unspecified atom stereocenters. The molecule has 0 bridgehead atoms. The first-order valence-electron chi connectivity index (χ1n) is 13.1. The number of rotatable bonds is 11. The average molecular weight is 533 g/mol. The van der Waals surface area contributed by atoms with Crippen LogP contribution in [0, 0.1) is 25.2 Å². The molecule has 0 aliphatic heterocycles. The third kappa shape index (κ3) is 7.99. The normalized spacial score (nSPS) is 10.9. The first-order chi connectivity index (χ1) is 19.4. The highest BCUT2D eigenvalue weighted by atomic mass is 16.5. The zero-order valence-electron chi connectivity index (χ0n) is 22.9. The molecular formula is C34H32N2O4. The van der Waals surface area contributed by atoms with Gasteiger partial charge in [0.1, 0.15) is 30.6 Å². The number of hydrogen-bond donors (Lipinski definition) is 1. The summed E-state index contributed by atoms with van der Waals surface area (Å²) >= 11 is 0. The molecule has 0 aliphatic carbocycles. The van der Waals surface area contributed by atoms with Gasteiger partial charge in [-0.05, 0) is 79.9 Å². The number of nitrogens with one attached hydrogen (secondary N) is 1. The lowest BCUT2D eigenvalue weighted by molar-refractivity contribution is -0.112. The Morgan fingerprint density at radius 2 is 1.38 bits per heavy atom. The number of hydrogen-bond acceptors (Lipinski definition) is 5. The van der Waals surface area contributed by atoms with Crippen molar-refractivity contribution in [1.29, 1.82) is 5.26 Å². The second kappa shape index (κ2) is 13.7. The molecule has 0 saturated heterocycles. The Morgan fingerprint density at radius 1 is 0.775 bits per heavy atom. The second-order valence-corrected chi connectivity index (χ2v) is 9.34. The maximum atomic E-state index is 12.8. The van der Waals surface area contributed by atoms with E-state index in [0.717, 1.165) is 11.1 Å². The van der Waals surface area contributed by atoms with Crippen LogP contribution in [0.1, 0.15) is 34.7 Å². The summed E-state index contributed by atoms with van der Waals surface area (Å²) in [6, 6.07) is 30.7. The van der Waals surface area contributed by atoms with E-state index < -0.39 is 5.91 Å². The summed E-state index contributed by atoms with van der Waals surface area (Å²) in [6.07, 6.45) is 1.53. The van der Waals surface area contributed by atoms with Crippen molar-refractivity contribution < 1.29 is 19.0 Å². The van der Waals surface area contributed by atoms with E-state index in [0.29, 0.717) is 48.3 Å². The van der Waals surface area contributed by atoms with E-state index in [4.69, 9.17) is 14.2 Å². The number of carbonyl (C=O) groups excluding carboxylic acids is 1. The number of nitriles is 1. The standard InChI is InChI=1S/C34H32N2O4/c1-4-38-33-20-28(13-18-32(33)40-23-27-11-7-25(3)8-12-27)19-29(21-35)34(37)36-30-14-16-31(17-15-30)39-22-26-9-5-24(2)6-10-26/h5-20H,4,22-23H2,1-3H3,(H,36,37)/b29-19+. The monoisotopic (exact) mass is 532 g/mol. The van der Waals surface area contributed by atoms with Crippen LogP contribution in [0.3, 0.4) is 0 Å². The van der Waals surface area contributed by atoms with Gasteiger partial charge >= 0.3 is 0 Å². The van der Waals surface area contributed by atoms with Crippen LogP contribution >= 0.6 is 0 Å². The molecule has 0 atom stereocenters. The molecule has 1 N–H and O–H groups in total. The summed E-state index contributed by atoms with van der Waals surface area (Å²) in [4.78, 5) is 12.8. The minimum absolute atomic E-state index is 0.0320. The minimum atomic E-state index is -0.506. The number of aryl methyl sites for hydroxylation is 2. The largest absolute Gasteiger partial charge is 0.490 e. The van der Waals surface area contributed by atoms with Gasteiger partial charge in [0.15, 0.2) is 11.5 Å². The van der Waals surface area contributed by atoms with Crippen molar-refractivity contribution in [2.24, 2.45) is 0 Å². The van der Waals surface area contributed by atoms with Gasteiger partial charge in [-0.2, -0.15) is 5.26 Å². The number of carbonyl (C=O) groups is 1. The fraction of sp³-hybridized carbons (Fsp3) is 0.176. The summed E-state index contributed by atoms with van der Waals surface area (Å²) in [5.41, 5.74) is 5.68. The van der Waals surface area contributed by atoms with E-state index in [1.807, 2.05) is 75.4 Å². The van der Waals surface area contributed by atoms with Crippen LogP contribution in [0.4, 0.5) is 5.69 Å². The lowest BCUT2D eigenvalue weighted by Gasteiger charge is -2.13. The maximum absolute atomic E-state index is 12.8. The Labute approximate surface area is 235 Å². The highest BCUT2D eigenvalue weighted by molar-refractivity contribution is 6.09. The third-order valence-electron chi connectivity index (χ3n) is 6.10. The van der Waals surface area contributed by atoms with E-state index in [-0.39, 0.29) is 5.57 Å². The van der Waals surface area contributed by atoms with Gasteiger partial charge in [0, 0.05) is 5.69 Å². The summed E-state index contributed by atoms with van der Waals surface area (Å²) in [5, 5.41) is 12.4. The fourth-order valence-electron chi connectivity index (χ4n) is 3.85. The van der Waals surface area contributed by atoms with Crippen molar-refractivity contribution in [3.05, 3.63) is 124 Å². The molecule has 202 valence electrons. The van der Waals surface area contributed by atoms with Crippen molar-refractivity contribution in [2.75, 3.05) is 11.9 Å². The molecule has 0 radical (unpaired) electrons. The average Bonchev–Trinajstić information content (AvgIpc) is 2.97. The predicted molar refractivity (Wildman–Crippen MR) is 157 cm³/mol. The van der Waals surface area contributed by atoms with Crippen LogP contribution in [0.5, 0.6) is 17.2 Å². The molecule has 0 aromatic heterocycles. The van der Waals surface area contributed by atoms with Crippen LogP contribution in [-0.4, -0.2) is 12.5 Å². The van der Waals surface area contributed by atoms with Crippen LogP contribution in [-0.2, 0) is 18.0 Å². The van der Waals surface area contributed by atoms with E-state index in [1.54, 1.807) is 42.5 Å². The van der Waals surface area contributed by atoms with Crippen LogP contribution < -0.4 is 19.5 Å². The molecule has 0 heterocycles. The molecule has 0 saturated carbocycles. The van der Waals surface area contributed by atoms with E-state index in [9.17, 15) is 10.1 Å². The number of benzene rings is 4. The van der Waals surface area contributed by atoms with Gasteiger partial charge in [0.2, 0.25) is 0 Å². The molecule has 0 fully saturated rings. The molecule has 0 aliphatic rings.